The molecule has 0 aromatic carbocycles. The van der Waals surface area contributed by atoms with Crippen LogP contribution in [0.4, 0.5) is 17.6 Å². The Labute approximate surface area is 128 Å². The summed E-state index contributed by atoms with van der Waals surface area (Å²) < 4.78 is 53.4. The lowest BCUT2D eigenvalue weighted by atomic mass is 10.00. The van der Waals surface area contributed by atoms with Gasteiger partial charge >= 0.3 is 11.8 Å². The fourth-order valence-electron chi connectivity index (χ4n) is 2.45. The van der Waals surface area contributed by atoms with Crippen LogP contribution in [0.1, 0.15) is 6.42 Å². The zero-order chi connectivity index (χ0) is 16.8. The Morgan fingerprint density at radius 2 is 1.65 bits per heavy atom. The molecule has 0 saturated heterocycles. The van der Waals surface area contributed by atoms with Gasteiger partial charge in [-0.15, -0.1) is 0 Å². The van der Waals surface area contributed by atoms with E-state index in [9.17, 15) is 27.5 Å². The van der Waals surface area contributed by atoms with Crippen molar-refractivity contribution in [2.24, 2.45) is 0 Å². The number of hydrogen-bond acceptors (Lipinski definition) is 3. The van der Waals surface area contributed by atoms with Gasteiger partial charge in [0.1, 0.15) is 5.70 Å². The number of carbonyl (C=O) groups is 1. The summed E-state index contributed by atoms with van der Waals surface area (Å²) in [5, 5.41) is 9.38. The maximum atomic E-state index is 13.4. The first-order valence-corrected chi connectivity index (χ1v) is 6.72. The molecule has 3 nitrogen and oxygen atoms in total. The molecule has 0 saturated carbocycles. The topological polar surface area (TPSA) is 40.5 Å². The molecule has 0 unspecified atom stereocenters. The molecule has 0 radical (unpaired) electrons. The molecule has 1 aliphatic heterocycles. The summed E-state index contributed by atoms with van der Waals surface area (Å²) >= 11 is 0. The second kappa shape index (κ2) is 4.97. The number of aliphatic hydroxyl groups is 1. The summed E-state index contributed by atoms with van der Waals surface area (Å²) in [7, 11) is 0. The van der Waals surface area contributed by atoms with E-state index in [1.165, 1.54) is 24.6 Å². The van der Waals surface area contributed by atoms with Gasteiger partial charge in [0.15, 0.2) is 5.76 Å². The zero-order valence-electron chi connectivity index (χ0n) is 11.6. The second-order valence-electron chi connectivity index (χ2n) is 5.19. The maximum absolute atomic E-state index is 13.4. The number of nitrogens with zero attached hydrogens (tertiary/aromatic N) is 1. The summed E-state index contributed by atoms with van der Waals surface area (Å²) in [4.78, 5) is 12.3. The maximum Gasteiger partial charge on any atom is 0.380 e. The van der Waals surface area contributed by atoms with E-state index in [-0.39, 0.29) is 0 Å². The van der Waals surface area contributed by atoms with Crippen LogP contribution in [0.5, 0.6) is 0 Å². The Kier molecular flexibility index (Phi) is 3.31. The van der Waals surface area contributed by atoms with E-state index in [4.69, 9.17) is 0 Å². The fourth-order valence-corrected chi connectivity index (χ4v) is 2.45. The molecular formula is C16H11F4NO2. The number of Topliss-reactive ketones (excluding diaryl/α,β-unsaturated/α-hetero) is 1. The first-order chi connectivity index (χ1) is 10.8. The minimum Gasteiger partial charge on any atom is -0.505 e. The number of ketones is 1. The van der Waals surface area contributed by atoms with E-state index >= 15 is 0 Å². The quantitative estimate of drug-likeness (QED) is 0.746. The Balaban J connectivity index is 1.93. The van der Waals surface area contributed by atoms with Gasteiger partial charge in [0.05, 0.1) is 0 Å². The molecular weight excluding hydrogens is 314 g/mol. The summed E-state index contributed by atoms with van der Waals surface area (Å²) in [6, 6.07) is 0. The van der Waals surface area contributed by atoms with Crippen molar-refractivity contribution >= 4 is 5.78 Å². The second-order valence-corrected chi connectivity index (χ2v) is 5.19. The van der Waals surface area contributed by atoms with Gasteiger partial charge in [-0.2, -0.15) is 17.6 Å². The lowest BCUT2D eigenvalue weighted by Crippen LogP contribution is -2.42. The average molecular weight is 325 g/mol. The summed E-state index contributed by atoms with van der Waals surface area (Å²) in [6.45, 7) is 0. The number of halogens is 4. The Morgan fingerprint density at radius 1 is 1.00 bits per heavy atom. The molecule has 0 amide bonds. The largest absolute Gasteiger partial charge is 0.505 e. The van der Waals surface area contributed by atoms with Crippen molar-refractivity contribution in [3.8, 4) is 0 Å². The van der Waals surface area contributed by atoms with E-state index in [0.29, 0.717) is 6.42 Å². The summed E-state index contributed by atoms with van der Waals surface area (Å²) in [5.41, 5.74) is 0.591. The number of rotatable bonds is 1. The van der Waals surface area contributed by atoms with Crippen LogP contribution in [0.15, 0.2) is 71.5 Å². The van der Waals surface area contributed by atoms with Crippen molar-refractivity contribution in [2.75, 3.05) is 0 Å². The van der Waals surface area contributed by atoms with E-state index in [1.807, 2.05) is 24.3 Å². The van der Waals surface area contributed by atoms with Crippen LogP contribution in [0, 0.1) is 0 Å². The molecule has 0 spiro atoms. The Bertz CT molecular complexity index is 738. The molecule has 0 atom stereocenters. The number of carbonyl (C=O) groups excluding carboxylic acids is 1. The van der Waals surface area contributed by atoms with Crippen molar-refractivity contribution < 1.29 is 27.5 Å². The van der Waals surface area contributed by atoms with Crippen LogP contribution in [-0.4, -0.2) is 27.6 Å². The number of hydrogen-bond donors (Lipinski definition) is 1. The van der Waals surface area contributed by atoms with Gasteiger partial charge in [-0.05, 0) is 29.7 Å². The smallest absolute Gasteiger partial charge is 0.380 e. The number of alkyl halides is 4. The molecule has 3 aliphatic rings. The first kappa shape index (κ1) is 15.3. The molecule has 3 rings (SSSR count). The SMILES string of the molecule is O=C1C(N2C=CC(=C3C=CC=CC3)C=C2)=C(O)C(F)(F)C1(F)F. The van der Waals surface area contributed by atoms with Crippen molar-refractivity contribution in [1.29, 1.82) is 0 Å². The van der Waals surface area contributed by atoms with Crippen LogP contribution in [0.2, 0.25) is 0 Å². The predicted molar refractivity (Wildman–Crippen MR) is 74.6 cm³/mol. The highest BCUT2D eigenvalue weighted by molar-refractivity contribution is 6.05. The normalized spacial score (nSPS) is 25.0. The molecule has 0 bridgehead atoms. The first-order valence-electron chi connectivity index (χ1n) is 6.72. The molecule has 0 aromatic heterocycles. The van der Waals surface area contributed by atoms with Crippen LogP contribution in [-0.2, 0) is 4.79 Å². The van der Waals surface area contributed by atoms with Gasteiger partial charge in [-0.1, -0.05) is 24.3 Å². The van der Waals surface area contributed by atoms with Crippen molar-refractivity contribution in [3.63, 3.8) is 0 Å². The Hall–Kier alpha value is -2.57. The van der Waals surface area contributed by atoms with Gasteiger partial charge in [-0.25, -0.2) is 0 Å². The molecule has 0 aromatic rings. The van der Waals surface area contributed by atoms with E-state index in [0.717, 1.165) is 16.0 Å². The predicted octanol–water partition coefficient (Wildman–Crippen LogP) is 3.77. The average Bonchev–Trinajstić information content (AvgIpc) is 2.66. The van der Waals surface area contributed by atoms with Crippen LogP contribution < -0.4 is 0 Å². The number of allylic oxidation sites excluding steroid dienone is 10. The fraction of sp³-hybridized carbons (Fsp3) is 0.188. The van der Waals surface area contributed by atoms with E-state index in [1.54, 1.807) is 0 Å². The van der Waals surface area contributed by atoms with Gasteiger partial charge in [0.25, 0.3) is 5.78 Å². The summed E-state index contributed by atoms with van der Waals surface area (Å²) in [5.74, 6) is -13.9. The highest BCUT2D eigenvalue weighted by Crippen LogP contribution is 2.48. The monoisotopic (exact) mass is 325 g/mol. The third-order valence-corrected chi connectivity index (χ3v) is 3.76. The van der Waals surface area contributed by atoms with Gasteiger partial charge < -0.3 is 10.0 Å². The van der Waals surface area contributed by atoms with Crippen LogP contribution >= 0.6 is 0 Å². The van der Waals surface area contributed by atoms with Crippen molar-refractivity contribution in [1.82, 2.24) is 4.90 Å². The third-order valence-electron chi connectivity index (χ3n) is 3.76. The van der Waals surface area contributed by atoms with Crippen molar-refractivity contribution in [3.05, 3.63) is 71.5 Å². The van der Waals surface area contributed by atoms with Crippen molar-refractivity contribution in [2.45, 2.75) is 18.3 Å². The molecule has 0 fully saturated rings. The minimum absolute atomic E-state index is 0.670. The Morgan fingerprint density at radius 3 is 2.13 bits per heavy atom. The van der Waals surface area contributed by atoms with Gasteiger partial charge in [0.2, 0.25) is 0 Å². The van der Waals surface area contributed by atoms with Gasteiger partial charge in [0, 0.05) is 12.4 Å². The van der Waals surface area contributed by atoms with Crippen LogP contribution in [0.3, 0.4) is 0 Å². The molecule has 2 aliphatic carbocycles. The molecule has 120 valence electrons. The van der Waals surface area contributed by atoms with Crippen LogP contribution in [0.25, 0.3) is 0 Å². The van der Waals surface area contributed by atoms with E-state index in [2.05, 4.69) is 0 Å². The zero-order valence-corrected chi connectivity index (χ0v) is 11.6. The third kappa shape index (κ3) is 2.15. The highest BCUT2D eigenvalue weighted by atomic mass is 19.3. The molecule has 1 N–H and O–H groups in total. The number of aliphatic hydroxyl groups excluding tert-OH is 1. The standard InChI is InChI=1S/C16H11F4NO2/c17-15(18)13(22)12(14(23)16(15,19)20)21-8-6-11(7-9-21)10-4-2-1-3-5-10/h1-4,6-9,22H,5H2. The lowest BCUT2D eigenvalue weighted by molar-refractivity contribution is -0.190. The minimum atomic E-state index is -4.95. The molecule has 7 heteroatoms. The summed E-state index contributed by atoms with van der Waals surface area (Å²) in [6.07, 6.45) is 13.5. The van der Waals surface area contributed by atoms with Gasteiger partial charge in [-0.3, -0.25) is 4.79 Å². The molecule has 1 heterocycles. The molecule has 23 heavy (non-hydrogen) atoms. The lowest BCUT2D eigenvalue weighted by Gasteiger charge is -2.20. The highest BCUT2D eigenvalue weighted by Gasteiger charge is 2.72. The van der Waals surface area contributed by atoms with E-state index < -0.39 is 29.1 Å².